The van der Waals surface area contributed by atoms with E-state index in [2.05, 4.69) is 27.6 Å². The van der Waals surface area contributed by atoms with E-state index in [1.165, 1.54) is 23.3 Å². The summed E-state index contributed by atoms with van der Waals surface area (Å²) in [6, 6.07) is 12.7. The second-order valence-corrected chi connectivity index (χ2v) is 8.99. The predicted molar refractivity (Wildman–Crippen MR) is 114 cm³/mol. The smallest absolute Gasteiger partial charge is 0.419 e. The Hall–Kier alpha value is -1.70. The van der Waals surface area contributed by atoms with E-state index in [4.69, 9.17) is 4.74 Å². The van der Waals surface area contributed by atoms with Gasteiger partial charge in [-0.3, -0.25) is 9.21 Å². The minimum Gasteiger partial charge on any atom is -0.493 e. The van der Waals surface area contributed by atoms with Gasteiger partial charge >= 0.3 is 6.18 Å². The maximum Gasteiger partial charge on any atom is 0.419 e. The lowest BCUT2D eigenvalue weighted by atomic mass is 9.99. The summed E-state index contributed by atoms with van der Waals surface area (Å²) in [5.74, 6) is 0.250. The molecule has 2 aromatic carbocycles. The maximum atomic E-state index is 13.7. The van der Waals surface area contributed by atoms with E-state index < -0.39 is 11.7 Å². The highest BCUT2D eigenvalue weighted by atomic mass is 32.2. The van der Waals surface area contributed by atoms with Crippen LogP contribution in [0, 0.1) is 5.92 Å². The molecule has 2 aromatic rings. The van der Waals surface area contributed by atoms with Crippen molar-refractivity contribution < 1.29 is 17.9 Å². The molecule has 3 nitrogen and oxygen atoms in total. The maximum absolute atomic E-state index is 13.7. The minimum atomic E-state index is -4.43. The third-order valence-electron chi connectivity index (χ3n) is 5.97. The lowest BCUT2D eigenvalue weighted by molar-refractivity contribution is -0.139. The standard InChI is InChI=1S/C23H27F3N2OS/c1-30-28-10-8-17(9-11-28)16-29-22-7-6-18(12-21(22)23(24,25)26)13-27-14-19-4-2-3-5-20(19)15-27/h2-7,12,17H,8-11,13-16H2,1H3. The molecule has 2 aliphatic heterocycles. The zero-order valence-corrected chi connectivity index (χ0v) is 17.9. The number of halogens is 3. The van der Waals surface area contributed by atoms with Crippen LogP contribution >= 0.6 is 11.9 Å². The van der Waals surface area contributed by atoms with E-state index in [0.29, 0.717) is 24.6 Å². The van der Waals surface area contributed by atoms with Crippen LogP contribution < -0.4 is 4.74 Å². The molecule has 162 valence electrons. The molecular weight excluding hydrogens is 409 g/mol. The molecule has 2 aliphatic rings. The summed E-state index contributed by atoms with van der Waals surface area (Å²) in [7, 11) is 0. The number of hydrogen-bond donors (Lipinski definition) is 0. The first kappa shape index (κ1) is 21.5. The lowest BCUT2D eigenvalue weighted by Crippen LogP contribution is -2.31. The molecule has 1 saturated heterocycles. The van der Waals surface area contributed by atoms with Gasteiger partial charge < -0.3 is 4.74 Å². The molecule has 0 unspecified atom stereocenters. The van der Waals surface area contributed by atoms with E-state index in [1.807, 2.05) is 12.1 Å². The fourth-order valence-corrected chi connectivity index (χ4v) is 4.84. The van der Waals surface area contributed by atoms with Gasteiger partial charge in [0.05, 0.1) is 12.2 Å². The molecule has 4 rings (SSSR count). The Labute approximate surface area is 180 Å². The first-order chi connectivity index (χ1) is 14.4. The Kier molecular flexibility index (Phi) is 6.60. The van der Waals surface area contributed by atoms with Crippen molar-refractivity contribution in [1.29, 1.82) is 0 Å². The number of rotatable bonds is 6. The van der Waals surface area contributed by atoms with Crippen molar-refractivity contribution in [2.75, 3.05) is 26.0 Å². The molecule has 30 heavy (non-hydrogen) atoms. The van der Waals surface area contributed by atoms with Crippen LogP contribution in [0.2, 0.25) is 0 Å². The topological polar surface area (TPSA) is 15.7 Å². The van der Waals surface area contributed by atoms with Crippen molar-refractivity contribution in [2.24, 2.45) is 5.92 Å². The second kappa shape index (κ2) is 9.20. The average molecular weight is 437 g/mol. The van der Waals surface area contributed by atoms with E-state index in [-0.39, 0.29) is 5.75 Å². The van der Waals surface area contributed by atoms with Gasteiger partial charge in [-0.1, -0.05) is 42.3 Å². The van der Waals surface area contributed by atoms with Crippen LogP contribution in [0.25, 0.3) is 0 Å². The van der Waals surface area contributed by atoms with E-state index in [1.54, 1.807) is 18.0 Å². The van der Waals surface area contributed by atoms with Gasteiger partial charge in [-0.2, -0.15) is 13.2 Å². The Bertz CT molecular complexity index is 841. The molecule has 0 aromatic heterocycles. The van der Waals surface area contributed by atoms with Crippen LogP contribution in [0.15, 0.2) is 42.5 Å². The molecule has 7 heteroatoms. The van der Waals surface area contributed by atoms with Crippen LogP contribution in [0.1, 0.15) is 35.1 Å². The number of alkyl halides is 3. The summed E-state index contributed by atoms with van der Waals surface area (Å²) >= 11 is 1.72. The first-order valence-corrected chi connectivity index (χ1v) is 11.5. The quantitative estimate of drug-likeness (QED) is 0.549. The largest absolute Gasteiger partial charge is 0.493 e. The first-order valence-electron chi connectivity index (χ1n) is 10.3. The van der Waals surface area contributed by atoms with Crippen molar-refractivity contribution in [1.82, 2.24) is 9.21 Å². The monoisotopic (exact) mass is 436 g/mol. The van der Waals surface area contributed by atoms with Crippen molar-refractivity contribution in [3.63, 3.8) is 0 Å². The minimum absolute atomic E-state index is 0.0525. The number of ether oxygens (including phenoxy) is 1. The molecular formula is C23H27F3N2OS. The lowest BCUT2D eigenvalue weighted by Gasteiger charge is -2.30. The van der Waals surface area contributed by atoms with Crippen LogP contribution in [0.5, 0.6) is 5.75 Å². The van der Waals surface area contributed by atoms with Gasteiger partial charge in [-0.05, 0) is 53.8 Å². The Balaban J connectivity index is 1.41. The van der Waals surface area contributed by atoms with Crippen LogP contribution in [-0.2, 0) is 25.8 Å². The Morgan fingerprint density at radius 2 is 1.70 bits per heavy atom. The molecule has 0 spiro atoms. The summed E-state index contributed by atoms with van der Waals surface area (Å²) in [5.41, 5.74) is 2.50. The molecule has 1 fully saturated rings. The van der Waals surface area contributed by atoms with Crippen LogP contribution in [-0.4, -0.2) is 35.2 Å². The molecule has 0 radical (unpaired) electrons. The Morgan fingerprint density at radius 1 is 1.03 bits per heavy atom. The molecule has 0 amide bonds. The molecule has 2 heterocycles. The van der Waals surface area contributed by atoms with Crippen molar-refractivity contribution in [3.8, 4) is 5.75 Å². The molecule has 0 bridgehead atoms. The third kappa shape index (κ3) is 5.13. The van der Waals surface area contributed by atoms with E-state index in [9.17, 15) is 13.2 Å². The number of hydrogen-bond acceptors (Lipinski definition) is 4. The number of nitrogens with zero attached hydrogens (tertiary/aromatic N) is 2. The molecule has 0 saturated carbocycles. The summed E-state index contributed by atoms with van der Waals surface area (Å²) in [4.78, 5) is 2.17. The second-order valence-electron chi connectivity index (χ2n) is 8.11. The summed E-state index contributed by atoms with van der Waals surface area (Å²) in [5, 5.41) is 0. The van der Waals surface area contributed by atoms with Crippen molar-refractivity contribution >= 4 is 11.9 Å². The van der Waals surface area contributed by atoms with Crippen LogP contribution in [0.3, 0.4) is 0 Å². The normalized spacial score (nSPS) is 18.5. The van der Waals surface area contributed by atoms with Gasteiger partial charge in [0.15, 0.2) is 0 Å². The molecule has 0 atom stereocenters. The van der Waals surface area contributed by atoms with Crippen molar-refractivity contribution in [2.45, 2.75) is 38.7 Å². The fraction of sp³-hybridized carbons (Fsp3) is 0.478. The van der Waals surface area contributed by atoms with Gasteiger partial charge in [0.1, 0.15) is 5.75 Å². The van der Waals surface area contributed by atoms with Gasteiger partial charge in [-0.25, -0.2) is 0 Å². The molecule has 0 aliphatic carbocycles. The number of piperidine rings is 1. The Morgan fingerprint density at radius 3 is 2.30 bits per heavy atom. The van der Waals surface area contributed by atoms with Gasteiger partial charge in [0, 0.05) is 32.7 Å². The van der Waals surface area contributed by atoms with Gasteiger partial charge in [0.25, 0.3) is 0 Å². The zero-order valence-electron chi connectivity index (χ0n) is 17.1. The zero-order chi connectivity index (χ0) is 21.1. The van der Waals surface area contributed by atoms with Crippen LogP contribution in [0.4, 0.5) is 13.2 Å². The SMILES string of the molecule is CSN1CCC(COc2ccc(CN3Cc4ccccc4C3)cc2C(F)(F)F)CC1. The summed E-state index contributed by atoms with van der Waals surface area (Å²) in [6.07, 6.45) is -0.470. The highest BCUT2D eigenvalue weighted by Gasteiger charge is 2.35. The van der Waals surface area contributed by atoms with Gasteiger partial charge in [-0.15, -0.1) is 0 Å². The highest BCUT2D eigenvalue weighted by Crippen LogP contribution is 2.38. The summed E-state index contributed by atoms with van der Waals surface area (Å²) < 4.78 is 49.1. The van der Waals surface area contributed by atoms with Gasteiger partial charge in [0.2, 0.25) is 0 Å². The predicted octanol–water partition coefficient (Wildman–Crippen LogP) is 5.59. The number of benzene rings is 2. The number of fused-ring (bicyclic) bond motifs is 1. The average Bonchev–Trinajstić information content (AvgIpc) is 3.14. The van der Waals surface area contributed by atoms with E-state index >= 15 is 0 Å². The highest BCUT2D eigenvalue weighted by molar-refractivity contribution is 7.96. The third-order valence-corrected chi connectivity index (χ3v) is 6.85. The molecule has 0 N–H and O–H groups in total. The van der Waals surface area contributed by atoms with E-state index in [0.717, 1.165) is 39.0 Å². The summed E-state index contributed by atoms with van der Waals surface area (Å²) in [6.45, 7) is 4.28. The van der Waals surface area contributed by atoms with Crippen molar-refractivity contribution in [3.05, 3.63) is 64.7 Å². The fourth-order valence-electron chi connectivity index (χ4n) is 4.26.